The average molecular weight is 809 g/mol. The molecule has 6 aromatic rings. The van der Waals surface area contributed by atoms with Crippen molar-refractivity contribution in [2.45, 2.75) is 15.6 Å². The summed E-state index contributed by atoms with van der Waals surface area (Å²) in [7, 11) is -2.85. The quantitative estimate of drug-likeness (QED) is 0.0614. The van der Waals surface area contributed by atoms with Crippen LogP contribution in [-0.2, 0) is 25.1 Å². The van der Waals surface area contributed by atoms with Crippen LogP contribution in [0.5, 0.6) is 28.7 Å². The maximum Gasteiger partial charge on any atom is 0.312 e. The molecule has 57 heavy (non-hydrogen) atoms. The van der Waals surface area contributed by atoms with Gasteiger partial charge in [-0.05, 0) is 121 Å². The number of ketones is 1. The van der Waals surface area contributed by atoms with Gasteiger partial charge in [-0.15, -0.1) is 0 Å². The SMILES string of the molecule is COc1ccc(C(=O)c2ccc(Oc3ccc(C4(c5ccc(Oc6ccc(S(=O)(=O)c7ccc(Cl)c([N+](=O)[O-])c7)cc6[N+](=O)[O-])cc5)OCCO4)cc3)cc2)cc1. The van der Waals surface area contributed by atoms with Crippen LogP contribution in [0, 0.1) is 20.2 Å². The minimum atomic E-state index is -4.41. The second-order valence-corrected chi connectivity index (χ2v) is 14.8. The van der Waals surface area contributed by atoms with Gasteiger partial charge in [0, 0.05) is 34.4 Å². The van der Waals surface area contributed by atoms with Gasteiger partial charge in [0.25, 0.3) is 5.69 Å². The van der Waals surface area contributed by atoms with E-state index in [2.05, 4.69) is 0 Å². The van der Waals surface area contributed by atoms with Crippen LogP contribution in [0.1, 0.15) is 27.0 Å². The number of nitrogens with zero attached hydrogens (tertiary/aromatic N) is 2. The predicted molar refractivity (Wildman–Crippen MR) is 205 cm³/mol. The van der Waals surface area contributed by atoms with Gasteiger partial charge in [-0.1, -0.05) is 11.6 Å². The van der Waals surface area contributed by atoms with Crippen LogP contribution in [0.4, 0.5) is 11.4 Å². The highest BCUT2D eigenvalue weighted by molar-refractivity contribution is 7.91. The molecular formula is C41H29ClN2O12S. The number of sulfone groups is 1. The molecule has 0 unspecified atom stereocenters. The van der Waals surface area contributed by atoms with E-state index >= 15 is 0 Å². The van der Waals surface area contributed by atoms with E-state index in [0.29, 0.717) is 52.7 Å². The lowest BCUT2D eigenvalue weighted by Crippen LogP contribution is -2.28. The first-order valence-corrected chi connectivity index (χ1v) is 18.8. The Morgan fingerprint density at radius 2 is 1.07 bits per heavy atom. The lowest BCUT2D eigenvalue weighted by Gasteiger charge is -2.28. The van der Waals surface area contributed by atoms with Crippen LogP contribution in [-0.4, -0.2) is 44.4 Å². The van der Waals surface area contributed by atoms with Crippen molar-refractivity contribution in [1.29, 1.82) is 0 Å². The lowest BCUT2D eigenvalue weighted by atomic mass is 9.97. The van der Waals surface area contributed by atoms with E-state index in [4.69, 9.17) is 35.3 Å². The summed E-state index contributed by atoms with van der Waals surface area (Å²) >= 11 is 5.83. The van der Waals surface area contributed by atoms with E-state index in [0.717, 1.165) is 36.4 Å². The summed E-state index contributed by atoms with van der Waals surface area (Å²) in [4.78, 5) is 33.7. The Balaban J connectivity index is 1.06. The molecule has 1 fully saturated rings. The smallest absolute Gasteiger partial charge is 0.312 e. The molecule has 1 aliphatic heterocycles. The molecule has 0 aromatic heterocycles. The number of rotatable bonds is 13. The van der Waals surface area contributed by atoms with Crippen molar-refractivity contribution < 1.29 is 46.7 Å². The molecule has 14 nitrogen and oxygen atoms in total. The Bertz CT molecular complexity index is 2590. The number of benzene rings is 6. The molecule has 0 aliphatic carbocycles. The molecule has 6 aromatic carbocycles. The van der Waals surface area contributed by atoms with Crippen LogP contribution >= 0.6 is 11.6 Å². The van der Waals surface area contributed by atoms with E-state index in [1.807, 2.05) is 0 Å². The van der Waals surface area contributed by atoms with Crippen LogP contribution in [0.3, 0.4) is 0 Å². The number of ether oxygens (including phenoxy) is 5. The number of halogens is 1. The number of carbonyl (C=O) groups excluding carboxylic acids is 1. The summed E-state index contributed by atoms with van der Waals surface area (Å²) in [6.07, 6.45) is 0. The Labute approximate surface area is 329 Å². The standard InChI is InChI=1S/C41H29ClN2O12S/c1-52-30-10-2-26(3-11-30)40(45)27-4-12-31(13-5-27)55-32-14-6-28(7-15-32)41(53-22-23-54-41)29-8-16-33(17-9-29)56-39-21-19-35(25-38(39)44(48)49)57(50,51)34-18-20-36(42)37(24-34)43(46)47/h2-21,24-25H,22-23H2,1H3. The zero-order valence-corrected chi connectivity index (χ0v) is 31.3. The van der Waals surface area contributed by atoms with Crippen molar-refractivity contribution in [3.8, 4) is 28.7 Å². The number of hydrogen-bond acceptors (Lipinski definition) is 12. The van der Waals surface area contributed by atoms with Gasteiger partial charge in [0.1, 0.15) is 28.0 Å². The van der Waals surface area contributed by atoms with Crippen molar-refractivity contribution in [2.24, 2.45) is 0 Å². The molecule has 16 heteroatoms. The highest BCUT2D eigenvalue weighted by atomic mass is 35.5. The van der Waals surface area contributed by atoms with Crippen molar-refractivity contribution >= 4 is 38.6 Å². The van der Waals surface area contributed by atoms with E-state index < -0.39 is 46.6 Å². The molecule has 1 aliphatic rings. The number of nitro groups is 2. The largest absolute Gasteiger partial charge is 0.497 e. The monoisotopic (exact) mass is 808 g/mol. The summed E-state index contributed by atoms with van der Waals surface area (Å²) in [5.41, 5.74) is 1.03. The highest BCUT2D eigenvalue weighted by Crippen LogP contribution is 2.41. The van der Waals surface area contributed by atoms with Crippen molar-refractivity contribution in [2.75, 3.05) is 20.3 Å². The maximum absolute atomic E-state index is 13.3. The molecule has 0 spiro atoms. The minimum absolute atomic E-state index is 0.133. The van der Waals surface area contributed by atoms with Crippen LogP contribution in [0.15, 0.2) is 143 Å². The zero-order chi connectivity index (χ0) is 40.3. The summed E-state index contributed by atoms with van der Waals surface area (Å²) in [5.74, 6) is 0.250. The fraction of sp³-hybridized carbons (Fsp3) is 0.0976. The number of nitro benzene ring substituents is 2. The van der Waals surface area contributed by atoms with Crippen LogP contribution in [0.2, 0.25) is 5.02 Å². The summed E-state index contributed by atoms with van der Waals surface area (Å²) in [6, 6.07) is 33.3. The van der Waals surface area contributed by atoms with Crippen molar-refractivity contribution in [3.05, 3.63) is 181 Å². The van der Waals surface area contributed by atoms with E-state index in [1.54, 1.807) is 104 Å². The first-order chi connectivity index (χ1) is 27.4. The third-order valence-corrected chi connectivity index (χ3v) is 11.0. The van der Waals surface area contributed by atoms with Gasteiger partial charge in [-0.25, -0.2) is 8.42 Å². The molecule has 1 heterocycles. The Hall–Kier alpha value is -6.65. The van der Waals surface area contributed by atoms with Gasteiger partial charge in [-0.2, -0.15) is 0 Å². The third kappa shape index (κ3) is 7.90. The number of carbonyl (C=O) groups is 1. The van der Waals surface area contributed by atoms with Crippen LogP contribution < -0.4 is 14.2 Å². The predicted octanol–water partition coefficient (Wildman–Crippen LogP) is 9.06. The fourth-order valence-electron chi connectivity index (χ4n) is 6.07. The van der Waals surface area contributed by atoms with Crippen LogP contribution in [0.25, 0.3) is 0 Å². The molecule has 0 bridgehead atoms. The lowest BCUT2D eigenvalue weighted by molar-refractivity contribution is -0.385. The molecular weight excluding hydrogens is 780 g/mol. The first-order valence-electron chi connectivity index (χ1n) is 17.0. The Morgan fingerprint density at radius 1 is 0.632 bits per heavy atom. The topological polar surface area (TPSA) is 184 Å². The normalized spacial score (nSPS) is 13.4. The summed E-state index contributed by atoms with van der Waals surface area (Å²) in [5, 5.41) is 23.1. The molecule has 288 valence electrons. The van der Waals surface area contributed by atoms with Gasteiger partial charge < -0.3 is 23.7 Å². The Kier molecular flexibility index (Phi) is 10.7. The molecule has 0 radical (unpaired) electrons. The van der Waals surface area contributed by atoms with Crippen molar-refractivity contribution in [3.63, 3.8) is 0 Å². The second-order valence-electron chi connectivity index (χ2n) is 12.4. The van der Waals surface area contributed by atoms with Gasteiger partial charge in [0.05, 0.1) is 40.0 Å². The molecule has 0 atom stereocenters. The molecule has 1 saturated heterocycles. The number of methoxy groups -OCH3 is 1. The van der Waals surface area contributed by atoms with E-state index in [1.165, 1.54) is 0 Å². The van der Waals surface area contributed by atoms with Gasteiger partial charge in [0.15, 0.2) is 5.78 Å². The fourth-order valence-corrected chi connectivity index (χ4v) is 7.56. The van der Waals surface area contributed by atoms with Gasteiger partial charge in [-0.3, -0.25) is 25.0 Å². The molecule has 0 N–H and O–H groups in total. The third-order valence-electron chi connectivity index (χ3n) is 8.96. The highest BCUT2D eigenvalue weighted by Gasteiger charge is 2.41. The summed E-state index contributed by atoms with van der Waals surface area (Å²) in [6.45, 7) is 0.617. The molecule has 0 amide bonds. The van der Waals surface area contributed by atoms with E-state index in [9.17, 15) is 33.4 Å². The first kappa shape index (κ1) is 38.6. The molecule has 0 saturated carbocycles. The second kappa shape index (κ2) is 15.8. The maximum atomic E-state index is 13.3. The summed E-state index contributed by atoms with van der Waals surface area (Å²) < 4.78 is 55.9. The Morgan fingerprint density at radius 3 is 1.56 bits per heavy atom. The average Bonchev–Trinajstić information content (AvgIpc) is 3.73. The van der Waals surface area contributed by atoms with Gasteiger partial charge >= 0.3 is 5.69 Å². The number of hydrogen-bond donors (Lipinski definition) is 0. The van der Waals surface area contributed by atoms with E-state index in [-0.39, 0.29) is 22.3 Å². The molecule has 7 rings (SSSR count). The minimum Gasteiger partial charge on any atom is -0.497 e. The van der Waals surface area contributed by atoms with Crippen molar-refractivity contribution in [1.82, 2.24) is 0 Å². The zero-order valence-electron chi connectivity index (χ0n) is 29.7. The van der Waals surface area contributed by atoms with Gasteiger partial charge in [0.2, 0.25) is 21.4 Å².